The Kier molecular flexibility index (Phi) is 3.09. The molecule has 1 aliphatic rings. The molecule has 17 heavy (non-hydrogen) atoms. The summed E-state index contributed by atoms with van der Waals surface area (Å²) in [6, 6.07) is 2.57. The fourth-order valence-electron chi connectivity index (χ4n) is 1.82. The third kappa shape index (κ3) is 2.42. The van der Waals surface area contributed by atoms with Crippen molar-refractivity contribution in [3.8, 4) is 0 Å². The highest BCUT2D eigenvalue weighted by Crippen LogP contribution is 2.36. The molecular formula is C11H16N2O3S. The summed E-state index contributed by atoms with van der Waals surface area (Å²) in [6.07, 6.45) is 3.42. The quantitative estimate of drug-likeness (QED) is 0.866. The number of aromatic amines is 1. The van der Waals surface area contributed by atoms with E-state index in [0.717, 1.165) is 12.8 Å². The van der Waals surface area contributed by atoms with Gasteiger partial charge in [-0.15, -0.1) is 0 Å². The molecule has 1 heterocycles. The third-order valence-corrected chi connectivity index (χ3v) is 5.25. The lowest BCUT2D eigenvalue weighted by Crippen LogP contribution is -2.36. The molecule has 1 N–H and O–H groups in total. The van der Waals surface area contributed by atoms with Crippen molar-refractivity contribution in [2.45, 2.75) is 30.7 Å². The fraction of sp³-hybridized carbons (Fsp3) is 0.545. The van der Waals surface area contributed by atoms with E-state index < -0.39 is 10.0 Å². The maximum Gasteiger partial charge on any atom is 0.247 e. The number of nitrogens with one attached hydrogen (secondary N) is 1. The largest absolute Gasteiger partial charge is 0.328 e. The zero-order valence-electron chi connectivity index (χ0n) is 9.88. The second kappa shape index (κ2) is 4.27. The number of rotatable bonds is 4. The molecule has 6 heteroatoms. The highest BCUT2D eigenvalue weighted by molar-refractivity contribution is 7.89. The van der Waals surface area contributed by atoms with E-state index in [2.05, 4.69) is 4.98 Å². The minimum Gasteiger partial charge on any atom is -0.328 e. The van der Waals surface area contributed by atoms with E-state index in [0.29, 0.717) is 5.92 Å². The molecule has 5 nitrogen and oxygen atoms in total. The highest BCUT2D eigenvalue weighted by atomic mass is 32.2. The van der Waals surface area contributed by atoms with E-state index in [1.54, 1.807) is 7.05 Å². The molecule has 1 aromatic heterocycles. The Labute approximate surface area is 101 Å². The highest BCUT2D eigenvalue weighted by Gasteiger charge is 2.35. The second-order valence-corrected chi connectivity index (χ2v) is 6.49. The van der Waals surface area contributed by atoms with Crippen molar-refractivity contribution in [1.29, 1.82) is 0 Å². The molecule has 1 unspecified atom stereocenters. The maximum atomic E-state index is 12.2. The number of sulfonamides is 1. The first-order valence-electron chi connectivity index (χ1n) is 5.59. The van der Waals surface area contributed by atoms with E-state index in [4.69, 9.17) is 0 Å². The van der Waals surface area contributed by atoms with Gasteiger partial charge < -0.3 is 4.98 Å². The lowest BCUT2D eigenvalue weighted by Gasteiger charge is -2.23. The van der Waals surface area contributed by atoms with Gasteiger partial charge in [0.1, 0.15) is 0 Å². The van der Waals surface area contributed by atoms with Gasteiger partial charge in [-0.1, -0.05) is 0 Å². The zero-order chi connectivity index (χ0) is 12.6. The van der Waals surface area contributed by atoms with Crippen LogP contribution in [-0.4, -0.2) is 30.8 Å². The molecule has 1 saturated carbocycles. The van der Waals surface area contributed by atoms with Gasteiger partial charge in [0, 0.05) is 25.4 Å². The molecule has 1 aliphatic carbocycles. The molecule has 1 atom stereocenters. The molecule has 2 rings (SSSR count). The SMILES string of the molecule is CC(C1CC1)N(C)S(=O)(=O)c1ccc(=O)[nH]c1. The summed E-state index contributed by atoms with van der Waals surface area (Å²) in [6.45, 7) is 1.92. The summed E-state index contributed by atoms with van der Waals surface area (Å²) in [5.74, 6) is 0.470. The average Bonchev–Trinajstić information content (AvgIpc) is 3.11. The Balaban J connectivity index is 2.28. The summed E-state index contributed by atoms with van der Waals surface area (Å²) in [5.41, 5.74) is -0.304. The standard InChI is InChI=1S/C11H16N2O3S/c1-8(9-3-4-9)13(2)17(15,16)10-5-6-11(14)12-7-10/h5-9H,3-4H2,1-2H3,(H,12,14). The molecule has 0 amide bonds. The number of H-pyrrole nitrogens is 1. The lowest BCUT2D eigenvalue weighted by atomic mass is 10.2. The van der Waals surface area contributed by atoms with Crippen LogP contribution in [0.1, 0.15) is 19.8 Å². The molecule has 1 fully saturated rings. The number of nitrogens with zero attached hydrogens (tertiary/aromatic N) is 1. The number of hydrogen-bond acceptors (Lipinski definition) is 3. The molecule has 0 bridgehead atoms. The predicted octanol–water partition coefficient (Wildman–Crippen LogP) is 0.794. The van der Waals surface area contributed by atoms with Gasteiger partial charge in [0.15, 0.2) is 0 Å². The molecule has 0 aliphatic heterocycles. The first-order chi connectivity index (χ1) is 7.93. The van der Waals surface area contributed by atoms with Crippen molar-refractivity contribution in [2.75, 3.05) is 7.05 Å². The molecule has 1 aromatic rings. The monoisotopic (exact) mass is 256 g/mol. The Morgan fingerprint density at radius 2 is 2.06 bits per heavy atom. The number of hydrogen-bond donors (Lipinski definition) is 1. The van der Waals surface area contributed by atoms with Crippen molar-refractivity contribution < 1.29 is 8.42 Å². The van der Waals surface area contributed by atoms with Gasteiger partial charge in [0.05, 0.1) is 4.90 Å². The first-order valence-corrected chi connectivity index (χ1v) is 7.03. The van der Waals surface area contributed by atoms with Crippen molar-refractivity contribution in [3.05, 3.63) is 28.7 Å². The molecular weight excluding hydrogens is 240 g/mol. The van der Waals surface area contributed by atoms with Crippen LogP contribution in [0.25, 0.3) is 0 Å². The van der Waals surface area contributed by atoms with E-state index >= 15 is 0 Å². The minimum absolute atomic E-state index is 0.00641. The average molecular weight is 256 g/mol. The maximum absolute atomic E-state index is 12.2. The molecule has 94 valence electrons. The molecule has 0 aromatic carbocycles. The van der Waals surface area contributed by atoms with E-state index in [1.807, 2.05) is 6.92 Å². The van der Waals surface area contributed by atoms with Gasteiger partial charge in [-0.05, 0) is 31.7 Å². The van der Waals surface area contributed by atoms with Gasteiger partial charge in [-0.25, -0.2) is 8.42 Å². The Bertz CT molecular complexity index is 540. The van der Waals surface area contributed by atoms with E-state index in [9.17, 15) is 13.2 Å². The number of aromatic nitrogens is 1. The molecule has 0 spiro atoms. The van der Waals surface area contributed by atoms with Crippen LogP contribution in [0.15, 0.2) is 28.0 Å². The Hall–Kier alpha value is -1.14. The van der Waals surface area contributed by atoms with Gasteiger partial charge in [0.2, 0.25) is 15.6 Å². The van der Waals surface area contributed by atoms with Crippen molar-refractivity contribution >= 4 is 10.0 Å². The topological polar surface area (TPSA) is 70.2 Å². The van der Waals surface area contributed by atoms with Crippen molar-refractivity contribution in [3.63, 3.8) is 0 Å². The van der Waals surface area contributed by atoms with Crippen LogP contribution in [0.4, 0.5) is 0 Å². The van der Waals surface area contributed by atoms with Crippen molar-refractivity contribution in [2.24, 2.45) is 5.92 Å². The predicted molar refractivity (Wildman–Crippen MR) is 64.2 cm³/mol. The van der Waals surface area contributed by atoms with Gasteiger partial charge >= 0.3 is 0 Å². The lowest BCUT2D eigenvalue weighted by molar-refractivity contribution is 0.357. The van der Waals surface area contributed by atoms with Crippen LogP contribution < -0.4 is 5.56 Å². The zero-order valence-corrected chi connectivity index (χ0v) is 10.7. The van der Waals surface area contributed by atoms with Crippen molar-refractivity contribution in [1.82, 2.24) is 9.29 Å². The fourth-order valence-corrected chi connectivity index (χ4v) is 3.21. The van der Waals surface area contributed by atoms with E-state index in [-0.39, 0.29) is 16.5 Å². The molecule has 0 saturated heterocycles. The van der Waals surface area contributed by atoms with E-state index in [1.165, 1.54) is 22.6 Å². The summed E-state index contributed by atoms with van der Waals surface area (Å²) in [7, 11) is -1.91. The van der Waals surface area contributed by atoms with Crippen LogP contribution in [-0.2, 0) is 10.0 Å². The van der Waals surface area contributed by atoms with Gasteiger partial charge in [0.25, 0.3) is 0 Å². The Morgan fingerprint density at radius 3 is 2.53 bits per heavy atom. The van der Waals surface area contributed by atoms with Crippen LogP contribution in [0.5, 0.6) is 0 Å². The van der Waals surface area contributed by atoms with Crippen LogP contribution >= 0.6 is 0 Å². The van der Waals surface area contributed by atoms with Crippen LogP contribution in [0, 0.1) is 5.92 Å². The second-order valence-electron chi connectivity index (χ2n) is 4.49. The smallest absolute Gasteiger partial charge is 0.247 e. The summed E-state index contributed by atoms with van der Waals surface area (Å²) in [4.78, 5) is 13.4. The Morgan fingerprint density at radius 1 is 1.41 bits per heavy atom. The normalized spacial score (nSPS) is 18.3. The minimum atomic E-state index is -3.50. The molecule has 0 radical (unpaired) electrons. The first kappa shape index (κ1) is 12.3. The summed E-state index contributed by atoms with van der Waals surface area (Å²) >= 11 is 0. The van der Waals surface area contributed by atoms with Crippen LogP contribution in [0.2, 0.25) is 0 Å². The summed E-state index contributed by atoms with van der Waals surface area (Å²) < 4.78 is 25.8. The number of pyridine rings is 1. The third-order valence-electron chi connectivity index (χ3n) is 3.31. The summed E-state index contributed by atoms with van der Waals surface area (Å²) in [5, 5.41) is 0. The van der Waals surface area contributed by atoms with Crippen LogP contribution in [0.3, 0.4) is 0 Å². The van der Waals surface area contributed by atoms with Gasteiger partial charge in [-0.3, -0.25) is 4.79 Å². The van der Waals surface area contributed by atoms with Gasteiger partial charge in [-0.2, -0.15) is 4.31 Å².